The fourth-order valence-electron chi connectivity index (χ4n) is 1.60. The molecule has 0 amide bonds. The minimum Gasteiger partial charge on any atom is -0.488 e. The van der Waals surface area contributed by atoms with Gasteiger partial charge in [0.15, 0.2) is 0 Å². The Labute approximate surface area is 98.1 Å². The van der Waals surface area contributed by atoms with Crippen LogP contribution < -0.4 is 4.74 Å². The maximum Gasteiger partial charge on any atom is 0.120 e. The van der Waals surface area contributed by atoms with Gasteiger partial charge in [0.1, 0.15) is 11.4 Å². The van der Waals surface area contributed by atoms with E-state index in [1.807, 2.05) is 24.3 Å². The van der Waals surface area contributed by atoms with Crippen LogP contribution in [0.4, 0.5) is 0 Å². The summed E-state index contributed by atoms with van der Waals surface area (Å²) in [5.74, 6) is 0.881. The van der Waals surface area contributed by atoms with Gasteiger partial charge in [-0.05, 0) is 56.5 Å². The first-order valence-electron chi connectivity index (χ1n) is 5.87. The molecule has 0 bridgehead atoms. The van der Waals surface area contributed by atoms with Crippen molar-refractivity contribution in [3.05, 3.63) is 29.8 Å². The molecular formula is C14H21NO. The summed E-state index contributed by atoms with van der Waals surface area (Å²) in [4.78, 5) is 0. The first-order chi connectivity index (χ1) is 7.57. The van der Waals surface area contributed by atoms with Crippen LogP contribution in [0.3, 0.4) is 0 Å². The third kappa shape index (κ3) is 4.05. The predicted molar refractivity (Wildman–Crippen MR) is 68.6 cm³/mol. The lowest BCUT2D eigenvalue weighted by Crippen LogP contribution is -2.27. The van der Waals surface area contributed by atoms with E-state index in [1.54, 1.807) is 0 Å². The Morgan fingerprint density at radius 3 is 2.38 bits per heavy atom. The van der Waals surface area contributed by atoms with Crippen LogP contribution in [0.5, 0.6) is 5.75 Å². The van der Waals surface area contributed by atoms with Crippen LogP contribution in [0, 0.1) is 5.41 Å². The molecule has 16 heavy (non-hydrogen) atoms. The minimum atomic E-state index is -0.109. The van der Waals surface area contributed by atoms with E-state index in [1.165, 1.54) is 19.1 Å². The first kappa shape index (κ1) is 12.8. The number of nitrogens with one attached hydrogen (secondary N) is 1. The molecule has 0 spiro atoms. The largest absolute Gasteiger partial charge is 0.488 e. The van der Waals surface area contributed by atoms with E-state index in [-0.39, 0.29) is 5.60 Å². The van der Waals surface area contributed by atoms with Gasteiger partial charge >= 0.3 is 0 Å². The Kier molecular flexibility index (Phi) is 4.53. The van der Waals surface area contributed by atoms with Gasteiger partial charge in [0.05, 0.1) is 0 Å². The van der Waals surface area contributed by atoms with Crippen LogP contribution in [0.15, 0.2) is 24.3 Å². The summed E-state index contributed by atoms with van der Waals surface area (Å²) in [5.41, 5.74) is 0.793. The molecule has 88 valence electrons. The third-order valence-electron chi connectivity index (χ3n) is 2.57. The van der Waals surface area contributed by atoms with Crippen molar-refractivity contribution in [2.75, 3.05) is 0 Å². The summed E-state index contributed by atoms with van der Waals surface area (Å²) >= 11 is 0. The maximum atomic E-state index is 7.12. The van der Waals surface area contributed by atoms with Crippen molar-refractivity contribution < 1.29 is 4.74 Å². The summed E-state index contributed by atoms with van der Waals surface area (Å²) in [6, 6.07) is 7.65. The van der Waals surface area contributed by atoms with Crippen LogP contribution in [0.1, 0.15) is 45.6 Å². The summed E-state index contributed by atoms with van der Waals surface area (Å²) in [6.45, 7) is 6.43. The standard InChI is InChI=1S/C14H21NO/c1-4-5-10-14(2,3)16-13-8-6-12(11-15)7-9-13/h6-9,11,15H,4-5,10H2,1-3H3. The highest BCUT2D eigenvalue weighted by Gasteiger charge is 2.18. The van der Waals surface area contributed by atoms with Crippen molar-refractivity contribution in [1.82, 2.24) is 0 Å². The Morgan fingerprint density at radius 1 is 1.25 bits per heavy atom. The van der Waals surface area contributed by atoms with E-state index < -0.39 is 0 Å². The fraction of sp³-hybridized carbons (Fsp3) is 0.500. The highest BCUT2D eigenvalue weighted by Crippen LogP contribution is 2.22. The van der Waals surface area contributed by atoms with Crippen LogP contribution >= 0.6 is 0 Å². The van der Waals surface area contributed by atoms with E-state index in [4.69, 9.17) is 10.1 Å². The molecule has 0 radical (unpaired) electrons. The molecule has 0 saturated heterocycles. The van der Waals surface area contributed by atoms with Gasteiger partial charge in [0.25, 0.3) is 0 Å². The Balaban J connectivity index is 2.60. The molecule has 0 aromatic heterocycles. The molecule has 2 heteroatoms. The molecule has 1 rings (SSSR count). The SMILES string of the molecule is CCCCC(C)(C)Oc1ccc(C=N)cc1. The Morgan fingerprint density at radius 2 is 1.88 bits per heavy atom. The molecule has 0 unspecified atom stereocenters. The zero-order valence-corrected chi connectivity index (χ0v) is 10.4. The summed E-state index contributed by atoms with van der Waals surface area (Å²) in [5, 5.41) is 7.12. The van der Waals surface area contributed by atoms with Gasteiger partial charge < -0.3 is 10.1 Å². The number of unbranched alkanes of at least 4 members (excludes halogenated alkanes) is 1. The average Bonchev–Trinajstić information content (AvgIpc) is 2.27. The Hall–Kier alpha value is -1.31. The molecule has 1 aromatic carbocycles. The van der Waals surface area contributed by atoms with Crippen molar-refractivity contribution in [2.45, 2.75) is 45.6 Å². The molecule has 0 saturated carbocycles. The normalized spacial score (nSPS) is 11.2. The minimum absolute atomic E-state index is 0.109. The highest BCUT2D eigenvalue weighted by atomic mass is 16.5. The summed E-state index contributed by atoms with van der Waals surface area (Å²) < 4.78 is 5.93. The first-order valence-corrected chi connectivity index (χ1v) is 5.87. The number of hydrogen-bond donors (Lipinski definition) is 1. The van der Waals surface area contributed by atoms with Crippen LogP contribution in [0.2, 0.25) is 0 Å². The van der Waals surface area contributed by atoms with Gasteiger partial charge in [-0.25, -0.2) is 0 Å². The van der Waals surface area contributed by atoms with Crippen molar-refractivity contribution in [1.29, 1.82) is 5.41 Å². The van der Waals surface area contributed by atoms with Crippen molar-refractivity contribution in [3.8, 4) is 5.75 Å². The van der Waals surface area contributed by atoms with Crippen LogP contribution in [-0.2, 0) is 0 Å². The monoisotopic (exact) mass is 219 g/mol. The predicted octanol–water partition coefficient (Wildman–Crippen LogP) is 4.03. The molecule has 2 nitrogen and oxygen atoms in total. The number of ether oxygens (including phenoxy) is 1. The Bertz CT molecular complexity index is 327. The van der Waals surface area contributed by atoms with Crippen LogP contribution in [0.25, 0.3) is 0 Å². The second kappa shape index (κ2) is 5.69. The van der Waals surface area contributed by atoms with E-state index >= 15 is 0 Å². The number of hydrogen-bond acceptors (Lipinski definition) is 2. The lowest BCUT2D eigenvalue weighted by Gasteiger charge is -2.26. The molecule has 0 aliphatic heterocycles. The van der Waals surface area contributed by atoms with Crippen LogP contribution in [-0.4, -0.2) is 11.8 Å². The molecule has 0 fully saturated rings. The smallest absolute Gasteiger partial charge is 0.120 e. The van der Waals surface area contributed by atoms with Gasteiger partial charge in [-0.3, -0.25) is 0 Å². The highest BCUT2D eigenvalue weighted by molar-refractivity contribution is 5.76. The van der Waals surface area contributed by atoms with Gasteiger partial charge in [0, 0.05) is 6.21 Å². The molecular weight excluding hydrogens is 198 g/mol. The van der Waals surface area contributed by atoms with E-state index in [2.05, 4.69) is 20.8 Å². The average molecular weight is 219 g/mol. The second-order valence-corrected chi connectivity index (χ2v) is 4.68. The van der Waals surface area contributed by atoms with Crippen molar-refractivity contribution in [3.63, 3.8) is 0 Å². The van der Waals surface area contributed by atoms with Crippen molar-refractivity contribution in [2.24, 2.45) is 0 Å². The lowest BCUT2D eigenvalue weighted by molar-refractivity contribution is 0.0967. The second-order valence-electron chi connectivity index (χ2n) is 4.68. The fourth-order valence-corrected chi connectivity index (χ4v) is 1.60. The molecule has 0 heterocycles. The van der Waals surface area contributed by atoms with E-state index in [0.29, 0.717) is 0 Å². The van der Waals surface area contributed by atoms with Gasteiger partial charge in [-0.1, -0.05) is 13.3 Å². The molecule has 1 N–H and O–H groups in total. The molecule has 0 aliphatic carbocycles. The lowest BCUT2D eigenvalue weighted by atomic mass is 10.0. The quantitative estimate of drug-likeness (QED) is 0.720. The van der Waals surface area contributed by atoms with Gasteiger partial charge in [-0.2, -0.15) is 0 Å². The number of benzene rings is 1. The molecule has 0 atom stereocenters. The zero-order valence-electron chi connectivity index (χ0n) is 10.4. The maximum absolute atomic E-state index is 7.12. The number of rotatable bonds is 6. The van der Waals surface area contributed by atoms with Gasteiger partial charge in [0.2, 0.25) is 0 Å². The summed E-state index contributed by atoms with van der Waals surface area (Å²) in [6.07, 6.45) is 4.78. The molecule has 1 aromatic rings. The molecule has 0 aliphatic rings. The third-order valence-corrected chi connectivity index (χ3v) is 2.57. The van der Waals surface area contributed by atoms with E-state index in [0.717, 1.165) is 17.7 Å². The van der Waals surface area contributed by atoms with E-state index in [9.17, 15) is 0 Å². The summed E-state index contributed by atoms with van der Waals surface area (Å²) in [7, 11) is 0. The van der Waals surface area contributed by atoms with Gasteiger partial charge in [-0.15, -0.1) is 0 Å². The topological polar surface area (TPSA) is 33.1 Å². The zero-order chi connectivity index (χ0) is 12.0. The van der Waals surface area contributed by atoms with Crippen molar-refractivity contribution >= 4 is 6.21 Å².